The van der Waals surface area contributed by atoms with Gasteiger partial charge in [0.25, 0.3) is 5.91 Å². The quantitative estimate of drug-likeness (QED) is 0.901. The number of nitrogens with one attached hydrogen (secondary N) is 1. The van der Waals surface area contributed by atoms with Gasteiger partial charge in [-0.3, -0.25) is 9.59 Å². The third kappa shape index (κ3) is 4.15. The minimum Gasteiger partial charge on any atom is -0.496 e. The Morgan fingerprint density at radius 1 is 1.04 bits per heavy atom. The molecule has 1 fully saturated rings. The van der Waals surface area contributed by atoms with Gasteiger partial charge in [-0.1, -0.05) is 0 Å². The fraction of sp³-hybridized carbons (Fsp3) is 0.429. The number of rotatable bonds is 4. The Bertz CT molecular complexity index is 814. The first-order valence-electron chi connectivity index (χ1n) is 9.34. The number of benzene rings is 1. The number of hydrogen-bond acceptors (Lipinski definition) is 3. The summed E-state index contributed by atoms with van der Waals surface area (Å²) in [5.41, 5.74) is 3.63. The lowest BCUT2D eigenvalue weighted by Gasteiger charge is -2.23. The van der Waals surface area contributed by atoms with E-state index in [1.165, 1.54) is 0 Å². The number of ether oxygens (including phenoxy) is 1. The average Bonchev–Trinajstić information content (AvgIpc) is 3.04. The summed E-state index contributed by atoms with van der Waals surface area (Å²) in [6, 6.07) is 5.60. The maximum Gasteiger partial charge on any atom is 0.254 e. The molecule has 2 aromatic rings. The predicted molar refractivity (Wildman–Crippen MR) is 104 cm³/mol. The van der Waals surface area contributed by atoms with Crippen LogP contribution in [0.5, 0.6) is 5.75 Å². The lowest BCUT2D eigenvalue weighted by Crippen LogP contribution is -2.38. The Morgan fingerprint density at radius 3 is 2.48 bits per heavy atom. The first kappa shape index (κ1) is 19.0. The van der Waals surface area contributed by atoms with Crippen LogP contribution in [0.1, 0.15) is 33.5 Å². The number of nitrogens with zero attached hydrogens (tertiary/aromatic N) is 2. The molecule has 6 heteroatoms. The molecule has 0 bridgehead atoms. The summed E-state index contributed by atoms with van der Waals surface area (Å²) in [7, 11) is 1.64. The molecule has 1 aliphatic rings. The monoisotopic (exact) mass is 369 g/mol. The topological polar surface area (TPSA) is 65.6 Å². The second-order valence-electron chi connectivity index (χ2n) is 6.99. The van der Waals surface area contributed by atoms with Gasteiger partial charge in [0.1, 0.15) is 5.75 Å². The number of aromatic amines is 1. The molecule has 6 nitrogen and oxygen atoms in total. The van der Waals surface area contributed by atoms with Crippen molar-refractivity contribution in [3.05, 3.63) is 52.8 Å². The maximum atomic E-state index is 13.0. The van der Waals surface area contributed by atoms with E-state index >= 15 is 0 Å². The fourth-order valence-electron chi connectivity index (χ4n) is 3.54. The highest BCUT2D eigenvalue weighted by Gasteiger charge is 2.24. The van der Waals surface area contributed by atoms with Crippen LogP contribution in [0.2, 0.25) is 0 Å². The lowest BCUT2D eigenvalue weighted by atomic mass is 10.0. The fourth-order valence-corrected chi connectivity index (χ4v) is 3.54. The van der Waals surface area contributed by atoms with Crippen LogP contribution in [-0.4, -0.2) is 59.9 Å². The zero-order chi connectivity index (χ0) is 19.4. The molecule has 2 amide bonds. The van der Waals surface area contributed by atoms with Crippen LogP contribution in [0.3, 0.4) is 0 Å². The molecule has 1 aromatic carbocycles. The maximum absolute atomic E-state index is 13.0. The van der Waals surface area contributed by atoms with Gasteiger partial charge in [-0.15, -0.1) is 0 Å². The van der Waals surface area contributed by atoms with Crippen LogP contribution in [-0.2, 0) is 11.2 Å². The molecule has 0 unspecified atom stereocenters. The Labute approximate surface area is 160 Å². The lowest BCUT2D eigenvalue weighted by molar-refractivity contribution is -0.130. The zero-order valence-corrected chi connectivity index (χ0v) is 16.2. The highest BCUT2D eigenvalue weighted by molar-refractivity contribution is 5.96. The minimum absolute atomic E-state index is 0.0261. The van der Waals surface area contributed by atoms with E-state index in [0.29, 0.717) is 38.2 Å². The minimum atomic E-state index is 0.0261. The van der Waals surface area contributed by atoms with Gasteiger partial charge < -0.3 is 19.5 Å². The van der Waals surface area contributed by atoms with E-state index in [-0.39, 0.29) is 11.8 Å². The molecule has 0 atom stereocenters. The number of hydrogen-bond donors (Lipinski definition) is 1. The second kappa shape index (κ2) is 8.29. The highest BCUT2D eigenvalue weighted by atomic mass is 16.5. The third-order valence-electron chi connectivity index (χ3n) is 5.34. The Kier molecular flexibility index (Phi) is 5.84. The first-order valence-corrected chi connectivity index (χ1v) is 9.34. The summed E-state index contributed by atoms with van der Waals surface area (Å²) in [5.74, 6) is 0.931. The van der Waals surface area contributed by atoms with E-state index in [0.717, 1.165) is 28.9 Å². The van der Waals surface area contributed by atoms with E-state index in [1.807, 2.05) is 54.2 Å². The van der Waals surface area contributed by atoms with Crippen molar-refractivity contribution in [3.8, 4) is 5.75 Å². The van der Waals surface area contributed by atoms with Crippen molar-refractivity contribution in [1.29, 1.82) is 0 Å². The van der Waals surface area contributed by atoms with Crippen molar-refractivity contribution in [2.75, 3.05) is 33.3 Å². The van der Waals surface area contributed by atoms with Gasteiger partial charge in [-0.25, -0.2) is 0 Å². The molecule has 1 N–H and O–H groups in total. The van der Waals surface area contributed by atoms with Crippen LogP contribution >= 0.6 is 0 Å². The van der Waals surface area contributed by atoms with E-state index in [4.69, 9.17) is 4.74 Å². The SMILES string of the molecule is COc1ccc(C(=O)N2CCCN(C(=O)Cc3cc[nH]c3)CC2)c(C)c1C. The molecule has 27 heavy (non-hydrogen) atoms. The van der Waals surface area contributed by atoms with Gasteiger partial charge >= 0.3 is 0 Å². The summed E-state index contributed by atoms with van der Waals surface area (Å²) >= 11 is 0. The van der Waals surface area contributed by atoms with Crippen molar-refractivity contribution in [2.24, 2.45) is 0 Å². The molecule has 1 aliphatic heterocycles. The Balaban J connectivity index is 1.66. The van der Waals surface area contributed by atoms with Crippen molar-refractivity contribution in [2.45, 2.75) is 26.7 Å². The molecular formula is C21H27N3O3. The van der Waals surface area contributed by atoms with E-state index in [2.05, 4.69) is 4.98 Å². The molecule has 1 saturated heterocycles. The first-order chi connectivity index (χ1) is 13.0. The van der Waals surface area contributed by atoms with Gasteiger partial charge in [0.05, 0.1) is 13.5 Å². The molecule has 0 saturated carbocycles. The molecule has 1 aromatic heterocycles. The van der Waals surface area contributed by atoms with Gasteiger partial charge in [-0.05, 0) is 55.2 Å². The summed E-state index contributed by atoms with van der Waals surface area (Å²) in [6.07, 6.45) is 4.86. The molecular weight excluding hydrogens is 342 g/mol. The average molecular weight is 369 g/mol. The largest absolute Gasteiger partial charge is 0.496 e. The summed E-state index contributed by atoms with van der Waals surface area (Å²) < 4.78 is 5.34. The van der Waals surface area contributed by atoms with Crippen molar-refractivity contribution in [3.63, 3.8) is 0 Å². The number of aromatic nitrogens is 1. The summed E-state index contributed by atoms with van der Waals surface area (Å²) in [5, 5.41) is 0. The third-order valence-corrected chi connectivity index (χ3v) is 5.34. The van der Waals surface area contributed by atoms with Crippen LogP contribution in [0.25, 0.3) is 0 Å². The Hall–Kier alpha value is -2.76. The summed E-state index contributed by atoms with van der Waals surface area (Å²) in [4.78, 5) is 32.3. The highest BCUT2D eigenvalue weighted by Crippen LogP contribution is 2.25. The number of carbonyl (C=O) groups excluding carboxylic acids is 2. The number of carbonyl (C=O) groups is 2. The van der Waals surface area contributed by atoms with Crippen molar-refractivity contribution >= 4 is 11.8 Å². The number of methoxy groups -OCH3 is 1. The zero-order valence-electron chi connectivity index (χ0n) is 16.2. The van der Waals surface area contributed by atoms with Crippen LogP contribution in [0.15, 0.2) is 30.6 Å². The normalized spacial score (nSPS) is 14.8. The van der Waals surface area contributed by atoms with E-state index in [1.54, 1.807) is 7.11 Å². The van der Waals surface area contributed by atoms with Crippen LogP contribution in [0, 0.1) is 13.8 Å². The molecule has 0 spiro atoms. The summed E-state index contributed by atoms with van der Waals surface area (Å²) in [6.45, 7) is 6.40. The molecule has 3 rings (SSSR count). The van der Waals surface area contributed by atoms with Gasteiger partial charge in [0, 0.05) is 44.1 Å². The Morgan fingerprint density at radius 2 is 1.78 bits per heavy atom. The number of amides is 2. The van der Waals surface area contributed by atoms with E-state index < -0.39 is 0 Å². The van der Waals surface area contributed by atoms with Gasteiger partial charge in [-0.2, -0.15) is 0 Å². The standard InChI is InChI=1S/C21H27N3O3/c1-15-16(2)19(27-3)6-5-18(15)21(26)24-10-4-9-23(11-12-24)20(25)13-17-7-8-22-14-17/h5-8,14,22H,4,9-13H2,1-3H3. The molecule has 2 heterocycles. The van der Waals surface area contributed by atoms with Gasteiger partial charge in [0.15, 0.2) is 0 Å². The molecule has 144 valence electrons. The van der Waals surface area contributed by atoms with Crippen LogP contribution in [0.4, 0.5) is 0 Å². The predicted octanol–water partition coefficient (Wildman–Crippen LogP) is 2.56. The van der Waals surface area contributed by atoms with Crippen LogP contribution < -0.4 is 4.74 Å². The van der Waals surface area contributed by atoms with Crippen molar-refractivity contribution < 1.29 is 14.3 Å². The molecule has 0 aliphatic carbocycles. The van der Waals surface area contributed by atoms with E-state index in [9.17, 15) is 9.59 Å². The molecule has 0 radical (unpaired) electrons. The van der Waals surface area contributed by atoms with Gasteiger partial charge in [0.2, 0.25) is 5.91 Å². The van der Waals surface area contributed by atoms with Crippen molar-refractivity contribution in [1.82, 2.24) is 14.8 Å². The smallest absolute Gasteiger partial charge is 0.254 e. The number of H-pyrrole nitrogens is 1. The second-order valence-corrected chi connectivity index (χ2v) is 6.99.